The van der Waals surface area contributed by atoms with E-state index in [0.717, 1.165) is 18.6 Å². The minimum atomic E-state index is -0.668. The smallest absolute Gasteiger partial charge is 0.303 e. The van der Waals surface area contributed by atoms with Crippen molar-refractivity contribution in [1.82, 2.24) is 0 Å². The fourth-order valence-corrected chi connectivity index (χ4v) is 1.67. The van der Waals surface area contributed by atoms with Crippen LogP contribution in [-0.2, 0) is 21.3 Å². The average molecular weight is 277 g/mol. The van der Waals surface area contributed by atoms with Gasteiger partial charge in [-0.1, -0.05) is 38.5 Å². The van der Waals surface area contributed by atoms with Crippen LogP contribution in [0.3, 0.4) is 0 Å². The first-order chi connectivity index (χ1) is 6.77. The molecule has 0 aromatic carbocycles. The summed E-state index contributed by atoms with van der Waals surface area (Å²) in [7, 11) is 0. The number of aliphatic carboxylic acids is 1. The molecular formula is C11H22NiO2S. The van der Waals surface area contributed by atoms with Crippen molar-refractivity contribution in [1.29, 1.82) is 0 Å². The van der Waals surface area contributed by atoms with Gasteiger partial charge in [0.2, 0.25) is 0 Å². The van der Waals surface area contributed by atoms with Gasteiger partial charge in [0.05, 0.1) is 0 Å². The second-order valence-corrected chi connectivity index (χ2v) is 4.14. The summed E-state index contributed by atoms with van der Waals surface area (Å²) in [5.41, 5.74) is 0. The second-order valence-electron chi connectivity index (χ2n) is 3.70. The number of carboxylic acid groups (broad SMARTS) is 1. The van der Waals surface area contributed by atoms with Crippen molar-refractivity contribution in [2.24, 2.45) is 0 Å². The van der Waals surface area contributed by atoms with Crippen molar-refractivity contribution >= 4 is 18.6 Å². The molecular weight excluding hydrogens is 255 g/mol. The standard InChI is InChI=1S/C11H22O2S.Ni/c12-11(13)9-7-5-3-1-2-4-6-8-10-14;/h14H,1-10H2,(H,12,13);. The predicted octanol–water partition coefficient (Wildman–Crippen LogP) is 3.51. The molecule has 94 valence electrons. The molecule has 1 N–H and O–H groups in total. The van der Waals surface area contributed by atoms with Gasteiger partial charge in [0.15, 0.2) is 0 Å². The normalized spacial score (nSPS) is 9.67. The van der Waals surface area contributed by atoms with E-state index in [0.29, 0.717) is 6.42 Å². The number of unbranched alkanes of at least 4 members (excludes halogenated alkanes) is 7. The summed E-state index contributed by atoms with van der Waals surface area (Å²) in [6.07, 6.45) is 9.80. The van der Waals surface area contributed by atoms with Crippen LogP contribution in [0.25, 0.3) is 0 Å². The average Bonchev–Trinajstić information content (AvgIpc) is 2.15. The summed E-state index contributed by atoms with van der Waals surface area (Å²) >= 11 is 4.16. The second kappa shape index (κ2) is 14.3. The largest absolute Gasteiger partial charge is 0.481 e. The molecule has 0 fully saturated rings. The Kier molecular flexibility index (Phi) is 16.9. The Morgan fingerprint density at radius 3 is 1.67 bits per heavy atom. The van der Waals surface area contributed by atoms with Gasteiger partial charge in [0.1, 0.15) is 0 Å². The van der Waals surface area contributed by atoms with Crippen LogP contribution in [0, 0.1) is 0 Å². The molecule has 2 nitrogen and oxygen atoms in total. The van der Waals surface area contributed by atoms with Crippen LogP contribution in [0.2, 0.25) is 0 Å². The summed E-state index contributed by atoms with van der Waals surface area (Å²) in [6, 6.07) is 0. The van der Waals surface area contributed by atoms with Gasteiger partial charge in [-0.2, -0.15) is 12.6 Å². The molecule has 0 radical (unpaired) electrons. The molecule has 0 spiro atoms. The first-order valence-electron chi connectivity index (χ1n) is 5.60. The molecule has 0 saturated heterocycles. The van der Waals surface area contributed by atoms with Crippen LogP contribution >= 0.6 is 12.6 Å². The van der Waals surface area contributed by atoms with E-state index >= 15 is 0 Å². The van der Waals surface area contributed by atoms with Gasteiger partial charge >= 0.3 is 5.97 Å². The number of hydrogen-bond acceptors (Lipinski definition) is 2. The summed E-state index contributed by atoms with van der Waals surface area (Å²) in [5.74, 6) is 0.331. The Labute approximate surface area is 109 Å². The van der Waals surface area contributed by atoms with E-state index in [-0.39, 0.29) is 16.5 Å². The van der Waals surface area contributed by atoms with Gasteiger partial charge in [-0.05, 0) is 18.6 Å². The summed E-state index contributed by atoms with van der Waals surface area (Å²) in [5, 5.41) is 8.41. The molecule has 0 aliphatic carbocycles. The summed E-state index contributed by atoms with van der Waals surface area (Å²) in [6.45, 7) is 0. The number of carbonyl (C=O) groups is 1. The Morgan fingerprint density at radius 1 is 0.867 bits per heavy atom. The molecule has 0 rings (SSSR count). The number of carboxylic acids is 1. The van der Waals surface area contributed by atoms with E-state index in [4.69, 9.17) is 5.11 Å². The van der Waals surface area contributed by atoms with Crippen molar-refractivity contribution in [2.75, 3.05) is 5.75 Å². The minimum absolute atomic E-state index is 0. The molecule has 0 atom stereocenters. The van der Waals surface area contributed by atoms with Crippen LogP contribution in [-0.4, -0.2) is 16.8 Å². The first-order valence-corrected chi connectivity index (χ1v) is 6.23. The predicted molar refractivity (Wildman–Crippen MR) is 63.0 cm³/mol. The van der Waals surface area contributed by atoms with Crippen molar-refractivity contribution in [3.63, 3.8) is 0 Å². The minimum Gasteiger partial charge on any atom is -0.481 e. The molecule has 0 aromatic rings. The van der Waals surface area contributed by atoms with Gasteiger partial charge in [-0.25, -0.2) is 0 Å². The monoisotopic (exact) mass is 276 g/mol. The third-order valence-electron chi connectivity index (χ3n) is 2.30. The molecule has 0 aliphatic heterocycles. The Morgan fingerprint density at radius 2 is 1.27 bits per heavy atom. The van der Waals surface area contributed by atoms with Gasteiger partial charge in [0.25, 0.3) is 0 Å². The topological polar surface area (TPSA) is 37.3 Å². The zero-order chi connectivity index (χ0) is 10.6. The third-order valence-corrected chi connectivity index (χ3v) is 2.61. The fraction of sp³-hybridized carbons (Fsp3) is 0.909. The van der Waals surface area contributed by atoms with E-state index in [9.17, 15) is 4.79 Å². The summed E-state index contributed by atoms with van der Waals surface area (Å²) < 4.78 is 0. The maximum atomic E-state index is 10.2. The molecule has 0 saturated carbocycles. The van der Waals surface area contributed by atoms with Gasteiger partial charge < -0.3 is 5.11 Å². The van der Waals surface area contributed by atoms with Crippen LogP contribution in [0.15, 0.2) is 0 Å². The molecule has 0 amide bonds. The molecule has 0 bridgehead atoms. The molecule has 0 unspecified atom stereocenters. The van der Waals surface area contributed by atoms with Crippen molar-refractivity contribution < 1.29 is 26.4 Å². The SMILES string of the molecule is O=C(O)CCCCCCCCCCS.[Ni]. The van der Waals surface area contributed by atoms with Crippen LogP contribution in [0.5, 0.6) is 0 Å². The number of rotatable bonds is 10. The van der Waals surface area contributed by atoms with E-state index in [1.165, 1.54) is 38.5 Å². The molecule has 15 heavy (non-hydrogen) atoms. The Hall–Kier alpha value is 0.314. The van der Waals surface area contributed by atoms with Crippen molar-refractivity contribution in [2.45, 2.75) is 57.8 Å². The van der Waals surface area contributed by atoms with Crippen LogP contribution in [0.4, 0.5) is 0 Å². The van der Waals surface area contributed by atoms with Gasteiger partial charge in [-0.15, -0.1) is 0 Å². The van der Waals surface area contributed by atoms with Gasteiger partial charge in [0, 0.05) is 22.9 Å². The quantitative estimate of drug-likeness (QED) is 0.364. The van der Waals surface area contributed by atoms with Gasteiger partial charge in [-0.3, -0.25) is 4.79 Å². The number of thiol groups is 1. The molecule has 0 aromatic heterocycles. The fourth-order valence-electron chi connectivity index (χ4n) is 1.45. The van der Waals surface area contributed by atoms with Crippen molar-refractivity contribution in [3.8, 4) is 0 Å². The Balaban J connectivity index is 0. The first kappa shape index (κ1) is 17.7. The molecule has 4 heteroatoms. The Bertz CT molecular complexity index is 143. The molecule has 0 heterocycles. The van der Waals surface area contributed by atoms with E-state index in [2.05, 4.69) is 12.6 Å². The van der Waals surface area contributed by atoms with E-state index in [1.54, 1.807) is 0 Å². The van der Waals surface area contributed by atoms with Crippen LogP contribution in [0.1, 0.15) is 57.8 Å². The number of hydrogen-bond donors (Lipinski definition) is 2. The third kappa shape index (κ3) is 17.0. The van der Waals surface area contributed by atoms with E-state index in [1.807, 2.05) is 0 Å². The maximum Gasteiger partial charge on any atom is 0.303 e. The summed E-state index contributed by atoms with van der Waals surface area (Å²) in [4.78, 5) is 10.2. The zero-order valence-electron chi connectivity index (χ0n) is 9.19. The molecule has 0 aliphatic rings. The zero-order valence-corrected chi connectivity index (χ0v) is 11.1. The van der Waals surface area contributed by atoms with Crippen LogP contribution < -0.4 is 0 Å². The van der Waals surface area contributed by atoms with E-state index < -0.39 is 5.97 Å². The van der Waals surface area contributed by atoms with Crippen molar-refractivity contribution in [3.05, 3.63) is 0 Å². The maximum absolute atomic E-state index is 10.2.